The van der Waals surface area contributed by atoms with Gasteiger partial charge in [0, 0.05) is 24.5 Å². The molecule has 11 heteroatoms. The van der Waals surface area contributed by atoms with Gasteiger partial charge in [-0.25, -0.2) is 8.42 Å². The lowest BCUT2D eigenvalue weighted by Gasteiger charge is -2.17. The average molecular weight is 501 g/mol. The number of para-hydroxylation sites is 2. The van der Waals surface area contributed by atoms with Crippen LogP contribution in [0.1, 0.15) is 16.2 Å². The number of nitrogens with one attached hydrogen (secondary N) is 2. The number of carbonyl (C=O) groups is 1. The SMILES string of the molecule is CN(C(=O)c1cc(C(F)(F)F)n[nH]1)c1ccc(S(=O)(=O)c2ccccc2Nc2ccccc2)cc1. The maximum Gasteiger partial charge on any atom is 0.435 e. The number of rotatable bonds is 6. The lowest BCUT2D eigenvalue weighted by Crippen LogP contribution is -2.26. The Labute approximate surface area is 199 Å². The van der Waals surface area contributed by atoms with E-state index in [9.17, 15) is 26.4 Å². The number of nitrogens with zero attached hydrogens (tertiary/aromatic N) is 2. The van der Waals surface area contributed by atoms with Gasteiger partial charge in [-0.1, -0.05) is 30.3 Å². The Bertz CT molecular complexity index is 1450. The molecule has 35 heavy (non-hydrogen) atoms. The highest BCUT2D eigenvalue weighted by Crippen LogP contribution is 2.31. The standard InChI is InChI=1S/C24H19F3N4O3S/c1-31(23(32)20-15-22(30-29-20)24(25,26)27)17-11-13-18(14-12-17)35(33,34)21-10-6-5-9-19(21)28-16-7-3-2-4-8-16/h2-15,28H,1H3,(H,29,30). The van der Waals surface area contributed by atoms with Gasteiger partial charge in [0.1, 0.15) is 5.69 Å². The molecule has 1 heterocycles. The number of H-pyrrole nitrogens is 1. The Kier molecular flexibility index (Phi) is 6.35. The summed E-state index contributed by atoms with van der Waals surface area (Å²) in [5.74, 6) is -0.763. The van der Waals surface area contributed by atoms with E-state index < -0.39 is 27.6 Å². The number of hydrogen-bond acceptors (Lipinski definition) is 5. The third-order valence-electron chi connectivity index (χ3n) is 5.17. The number of carbonyl (C=O) groups excluding carboxylic acids is 1. The average Bonchev–Trinajstić information content (AvgIpc) is 3.35. The van der Waals surface area contributed by atoms with E-state index in [2.05, 4.69) is 15.5 Å². The van der Waals surface area contributed by atoms with E-state index in [4.69, 9.17) is 0 Å². The number of anilines is 3. The van der Waals surface area contributed by atoms with Crippen LogP contribution in [0.15, 0.2) is 94.7 Å². The molecule has 0 saturated carbocycles. The predicted octanol–water partition coefficient (Wildman–Crippen LogP) is 5.28. The highest BCUT2D eigenvalue weighted by molar-refractivity contribution is 7.91. The Balaban J connectivity index is 1.58. The molecule has 180 valence electrons. The van der Waals surface area contributed by atoms with Crippen molar-refractivity contribution in [1.82, 2.24) is 10.2 Å². The van der Waals surface area contributed by atoms with E-state index in [1.54, 1.807) is 18.2 Å². The third kappa shape index (κ3) is 5.04. The second kappa shape index (κ2) is 9.26. The summed E-state index contributed by atoms with van der Waals surface area (Å²) in [6.07, 6.45) is -4.69. The van der Waals surface area contributed by atoms with Crippen LogP contribution < -0.4 is 10.2 Å². The van der Waals surface area contributed by atoms with E-state index >= 15 is 0 Å². The molecule has 0 spiro atoms. The fraction of sp³-hybridized carbons (Fsp3) is 0.0833. The van der Waals surface area contributed by atoms with Gasteiger partial charge in [-0.05, 0) is 48.5 Å². The van der Waals surface area contributed by atoms with Crippen molar-refractivity contribution in [3.63, 3.8) is 0 Å². The molecule has 0 radical (unpaired) electrons. The highest BCUT2D eigenvalue weighted by Gasteiger charge is 2.35. The molecule has 0 atom stereocenters. The van der Waals surface area contributed by atoms with Gasteiger partial charge in [-0.15, -0.1) is 0 Å². The number of alkyl halides is 3. The zero-order valence-electron chi connectivity index (χ0n) is 18.2. The zero-order valence-corrected chi connectivity index (χ0v) is 19.1. The van der Waals surface area contributed by atoms with Crippen molar-refractivity contribution in [3.8, 4) is 0 Å². The zero-order chi connectivity index (χ0) is 25.2. The first-order valence-electron chi connectivity index (χ1n) is 10.2. The van der Waals surface area contributed by atoms with Crippen molar-refractivity contribution < 1.29 is 26.4 Å². The number of hydrogen-bond donors (Lipinski definition) is 2. The summed E-state index contributed by atoms with van der Waals surface area (Å²) in [4.78, 5) is 13.7. The van der Waals surface area contributed by atoms with E-state index in [0.717, 1.165) is 10.6 Å². The van der Waals surface area contributed by atoms with Gasteiger partial charge < -0.3 is 10.2 Å². The quantitative estimate of drug-likeness (QED) is 0.376. The Morgan fingerprint density at radius 2 is 1.57 bits per heavy atom. The molecule has 0 unspecified atom stereocenters. The smallest absolute Gasteiger partial charge is 0.354 e. The van der Waals surface area contributed by atoms with E-state index in [1.165, 1.54) is 37.4 Å². The molecule has 4 aromatic rings. The molecule has 4 rings (SSSR count). The molecule has 0 aliphatic heterocycles. The molecule has 7 nitrogen and oxygen atoms in total. The minimum Gasteiger partial charge on any atom is -0.354 e. The summed E-state index contributed by atoms with van der Waals surface area (Å²) in [6, 6.07) is 21.7. The van der Waals surface area contributed by atoms with Crippen LogP contribution in [0.5, 0.6) is 0 Å². The van der Waals surface area contributed by atoms with Crippen LogP contribution in [0.25, 0.3) is 0 Å². The molecule has 2 N–H and O–H groups in total. The van der Waals surface area contributed by atoms with Gasteiger partial charge in [0.25, 0.3) is 5.91 Å². The van der Waals surface area contributed by atoms with E-state index in [-0.39, 0.29) is 21.2 Å². The molecular formula is C24H19F3N4O3S. The van der Waals surface area contributed by atoms with Crippen LogP contribution in [0.3, 0.4) is 0 Å². The first-order valence-corrected chi connectivity index (χ1v) is 11.7. The van der Waals surface area contributed by atoms with Gasteiger partial charge in [0.15, 0.2) is 5.69 Å². The minimum atomic E-state index is -4.69. The van der Waals surface area contributed by atoms with Crippen LogP contribution in [0, 0.1) is 0 Å². The topological polar surface area (TPSA) is 95.2 Å². The van der Waals surface area contributed by atoms with Crippen LogP contribution in [0.4, 0.5) is 30.2 Å². The van der Waals surface area contributed by atoms with E-state index in [0.29, 0.717) is 11.8 Å². The predicted molar refractivity (Wildman–Crippen MR) is 124 cm³/mol. The summed E-state index contributed by atoms with van der Waals surface area (Å²) in [6.45, 7) is 0. The fourth-order valence-electron chi connectivity index (χ4n) is 3.33. The number of halogens is 3. The maximum atomic E-state index is 13.3. The van der Waals surface area contributed by atoms with Crippen molar-refractivity contribution in [3.05, 3.63) is 96.3 Å². The second-order valence-electron chi connectivity index (χ2n) is 7.51. The lowest BCUT2D eigenvalue weighted by molar-refractivity contribution is -0.141. The molecule has 0 saturated heterocycles. The lowest BCUT2D eigenvalue weighted by atomic mass is 10.2. The number of aromatic amines is 1. The highest BCUT2D eigenvalue weighted by atomic mass is 32.2. The van der Waals surface area contributed by atoms with Crippen LogP contribution >= 0.6 is 0 Å². The number of aromatic nitrogens is 2. The van der Waals surface area contributed by atoms with Crippen LogP contribution in [-0.4, -0.2) is 31.6 Å². The summed E-state index contributed by atoms with van der Waals surface area (Å²) in [5, 5.41) is 8.30. The third-order valence-corrected chi connectivity index (χ3v) is 6.99. The number of amides is 1. The summed E-state index contributed by atoms with van der Waals surface area (Å²) < 4.78 is 65.0. The molecule has 1 amide bonds. The summed E-state index contributed by atoms with van der Waals surface area (Å²) in [5.41, 5.74) is -0.156. The molecule has 0 aliphatic rings. The van der Waals surface area contributed by atoms with Crippen molar-refractivity contribution in [1.29, 1.82) is 0 Å². The van der Waals surface area contributed by atoms with Gasteiger partial charge in [-0.3, -0.25) is 9.89 Å². The number of sulfone groups is 1. The van der Waals surface area contributed by atoms with Gasteiger partial charge in [0.2, 0.25) is 9.84 Å². The molecule has 0 bridgehead atoms. The fourth-order valence-corrected chi connectivity index (χ4v) is 4.75. The Morgan fingerprint density at radius 3 is 2.20 bits per heavy atom. The van der Waals surface area contributed by atoms with Gasteiger partial charge in [0.05, 0.1) is 15.5 Å². The first-order chi connectivity index (χ1) is 16.6. The Hall–Kier alpha value is -4.12. The number of benzene rings is 3. The van der Waals surface area contributed by atoms with Crippen molar-refractivity contribution in [2.75, 3.05) is 17.3 Å². The molecule has 1 aromatic heterocycles. The van der Waals surface area contributed by atoms with Crippen LogP contribution in [-0.2, 0) is 16.0 Å². The van der Waals surface area contributed by atoms with Gasteiger partial charge >= 0.3 is 6.18 Å². The minimum absolute atomic E-state index is 0.00897. The van der Waals surface area contributed by atoms with Crippen molar-refractivity contribution in [2.24, 2.45) is 0 Å². The molecule has 0 aliphatic carbocycles. The van der Waals surface area contributed by atoms with Crippen molar-refractivity contribution >= 4 is 32.8 Å². The van der Waals surface area contributed by atoms with E-state index in [1.807, 2.05) is 30.3 Å². The maximum absolute atomic E-state index is 13.3. The molecular weight excluding hydrogens is 481 g/mol. The normalized spacial score (nSPS) is 11.8. The summed E-state index contributed by atoms with van der Waals surface area (Å²) >= 11 is 0. The molecule has 3 aromatic carbocycles. The summed E-state index contributed by atoms with van der Waals surface area (Å²) in [7, 11) is -2.56. The monoisotopic (exact) mass is 500 g/mol. The van der Waals surface area contributed by atoms with Crippen LogP contribution in [0.2, 0.25) is 0 Å². The van der Waals surface area contributed by atoms with Gasteiger partial charge in [-0.2, -0.15) is 18.3 Å². The second-order valence-corrected chi connectivity index (χ2v) is 9.43. The Morgan fingerprint density at radius 1 is 0.943 bits per heavy atom. The largest absolute Gasteiger partial charge is 0.435 e. The van der Waals surface area contributed by atoms with Crippen molar-refractivity contribution in [2.45, 2.75) is 16.0 Å². The first kappa shape index (κ1) is 24.0. The molecule has 0 fully saturated rings.